The zero-order valence-electron chi connectivity index (χ0n) is 16.0. The molecule has 2 rings (SSSR count). The Morgan fingerprint density at radius 1 is 1.00 bits per heavy atom. The Morgan fingerprint density at radius 2 is 1.58 bits per heavy atom. The second-order valence-corrected chi connectivity index (χ2v) is 8.60. The number of rotatable bonds is 6. The Balaban J connectivity index is 2.15. The number of benzene rings is 2. The van der Waals surface area contributed by atoms with Crippen molar-refractivity contribution in [2.24, 2.45) is 0 Å². The molecule has 0 saturated heterocycles. The average Bonchev–Trinajstić information content (AvgIpc) is 2.51. The number of para-hydroxylation sites is 1. The fraction of sp³-hybridized carbons (Fsp3) is 0.350. The van der Waals surface area contributed by atoms with E-state index in [0.717, 1.165) is 34.2 Å². The summed E-state index contributed by atoms with van der Waals surface area (Å²) in [6.07, 6.45) is 1.24. The third kappa shape index (κ3) is 4.85. The molecule has 1 N–H and O–H groups in total. The molecule has 2 aromatic carbocycles. The van der Waals surface area contributed by atoms with Gasteiger partial charge in [-0.25, -0.2) is 8.42 Å². The molecule has 0 bridgehead atoms. The van der Waals surface area contributed by atoms with Crippen LogP contribution in [0.1, 0.15) is 28.7 Å². The van der Waals surface area contributed by atoms with Crippen molar-refractivity contribution in [3.8, 4) is 0 Å². The Morgan fingerprint density at radius 3 is 2.12 bits per heavy atom. The predicted molar refractivity (Wildman–Crippen MR) is 107 cm³/mol. The van der Waals surface area contributed by atoms with Crippen LogP contribution in [0.3, 0.4) is 0 Å². The summed E-state index contributed by atoms with van der Waals surface area (Å²) in [5.41, 5.74) is 5.38. The standard InChI is InChI=1S/C20H26N2O3S/c1-14-12-16(3)20(17(4)13-14)21-19(23)10-11-22(26(5,24)25)18-9-7-6-8-15(18)2/h6-9,12-13H,10-11H2,1-5H3,(H,21,23). The van der Waals surface area contributed by atoms with Crippen LogP contribution in [0.2, 0.25) is 0 Å². The fourth-order valence-corrected chi connectivity index (χ4v) is 4.08. The van der Waals surface area contributed by atoms with Crippen LogP contribution in [0.5, 0.6) is 0 Å². The number of aryl methyl sites for hydroxylation is 4. The van der Waals surface area contributed by atoms with Crippen molar-refractivity contribution >= 4 is 27.3 Å². The van der Waals surface area contributed by atoms with Crippen LogP contribution in [0.4, 0.5) is 11.4 Å². The average molecular weight is 375 g/mol. The van der Waals surface area contributed by atoms with Gasteiger partial charge < -0.3 is 5.32 Å². The van der Waals surface area contributed by atoms with Crippen molar-refractivity contribution in [2.45, 2.75) is 34.1 Å². The van der Waals surface area contributed by atoms with E-state index in [4.69, 9.17) is 0 Å². The molecule has 2 aromatic rings. The molecular weight excluding hydrogens is 348 g/mol. The van der Waals surface area contributed by atoms with Gasteiger partial charge >= 0.3 is 0 Å². The van der Waals surface area contributed by atoms with Gasteiger partial charge in [-0.05, 0) is 50.5 Å². The molecule has 0 aliphatic rings. The van der Waals surface area contributed by atoms with Crippen LogP contribution in [-0.4, -0.2) is 27.1 Å². The van der Waals surface area contributed by atoms with Crippen molar-refractivity contribution in [2.75, 3.05) is 22.4 Å². The highest BCUT2D eigenvalue weighted by atomic mass is 32.2. The van der Waals surface area contributed by atoms with E-state index in [0.29, 0.717) is 5.69 Å². The first kappa shape index (κ1) is 20.0. The topological polar surface area (TPSA) is 66.5 Å². The summed E-state index contributed by atoms with van der Waals surface area (Å²) in [4.78, 5) is 12.4. The molecular formula is C20H26N2O3S. The van der Waals surface area contributed by atoms with Gasteiger partial charge in [-0.3, -0.25) is 9.10 Å². The van der Waals surface area contributed by atoms with E-state index in [1.807, 2.05) is 52.0 Å². The van der Waals surface area contributed by atoms with Crippen molar-refractivity contribution in [1.82, 2.24) is 0 Å². The van der Waals surface area contributed by atoms with Crippen LogP contribution in [0, 0.1) is 27.7 Å². The lowest BCUT2D eigenvalue weighted by Gasteiger charge is -2.24. The maximum absolute atomic E-state index is 12.4. The number of anilines is 2. The van der Waals surface area contributed by atoms with Gasteiger partial charge in [0, 0.05) is 18.7 Å². The minimum atomic E-state index is -3.48. The lowest BCUT2D eigenvalue weighted by atomic mass is 10.1. The van der Waals surface area contributed by atoms with Crippen molar-refractivity contribution in [1.29, 1.82) is 0 Å². The summed E-state index contributed by atoms with van der Waals surface area (Å²) >= 11 is 0. The van der Waals surface area contributed by atoms with Gasteiger partial charge in [0.15, 0.2) is 0 Å². The molecule has 0 aromatic heterocycles. The van der Waals surface area contributed by atoms with Gasteiger partial charge in [0.1, 0.15) is 0 Å². The molecule has 0 atom stereocenters. The van der Waals surface area contributed by atoms with Gasteiger partial charge in [-0.2, -0.15) is 0 Å². The molecule has 0 radical (unpaired) electrons. The largest absolute Gasteiger partial charge is 0.326 e. The van der Waals surface area contributed by atoms with Crippen LogP contribution < -0.4 is 9.62 Å². The lowest BCUT2D eigenvalue weighted by Crippen LogP contribution is -2.33. The molecule has 0 aliphatic carbocycles. The lowest BCUT2D eigenvalue weighted by molar-refractivity contribution is -0.116. The normalized spacial score (nSPS) is 11.3. The molecule has 26 heavy (non-hydrogen) atoms. The summed E-state index contributed by atoms with van der Waals surface area (Å²) in [7, 11) is -3.48. The predicted octanol–water partition coefficient (Wildman–Crippen LogP) is 3.72. The number of hydrogen-bond acceptors (Lipinski definition) is 3. The monoisotopic (exact) mass is 374 g/mol. The summed E-state index contributed by atoms with van der Waals surface area (Å²) < 4.78 is 25.7. The quantitative estimate of drug-likeness (QED) is 0.838. The van der Waals surface area contributed by atoms with E-state index in [1.165, 1.54) is 4.31 Å². The fourth-order valence-electron chi connectivity index (χ4n) is 3.09. The summed E-state index contributed by atoms with van der Waals surface area (Å²) in [6.45, 7) is 7.86. The zero-order chi connectivity index (χ0) is 19.5. The van der Waals surface area contributed by atoms with Crippen molar-refractivity contribution < 1.29 is 13.2 Å². The Hall–Kier alpha value is -2.34. The van der Waals surface area contributed by atoms with Crippen LogP contribution in [0.15, 0.2) is 36.4 Å². The second kappa shape index (κ2) is 7.91. The summed E-state index contributed by atoms with van der Waals surface area (Å²) in [6, 6.07) is 11.3. The van der Waals surface area contributed by atoms with Gasteiger partial charge in [-0.1, -0.05) is 35.9 Å². The Labute approximate surface area is 156 Å². The molecule has 1 amide bonds. The van der Waals surface area contributed by atoms with E-state index in [9.17, 15) is 13.2 Å². The first-order valence-electron chi connectivity index (χ1n) is 8.50. The maximum atomic E-state index is 12.4. The summed E-state index contributed by atoms with van der Waals surface area (Å²) in [5, 5.41) is 2.92. The highest BCUT2D eigenvalue weighted by Gasteiger charge is 2.20. The molecule has 6 heteroatoms. The second-order valence-electron chi connectivity index (χ2n) is 6.69. The molecule has 0 saturated carbocycles. The number of sulfonamides is 1. The Kier molecular flexibility index (Phi) is 6.08. The SMILES string of the molecule is Cc1cc(C)c(NC(=O)CCN(c2ccccc2C)S(C)(=O)=O)c(C)c1. The first-order chi connectivity index (χ1) is 12.1. The van der Waals surface area contributed by atoms with Gasteiger partial charge in [0.25, 0.3) is 0 Å². The van der Waals surface area contributed by atoms with Crippen molar-refractivity contribution in [3.63, 3.8) is 0 Å². The van der Waals surface area contributed by atoms with E-state index >= 15 is 0 Å². The van der Waals surface area contributed by atoms with E-state index in [2.05, 4.69) is 5.32 Å². The highest BCUT2D eigenvalue weighted by molar-refractivity contribution is 7.92. The number of hydrogen-bond donors (Lipinski definition) is 1. The van der Waals surface area contributed by atoms with E-state index < -0.39 is 10.0 Å². The molecule has 0 aliphatic heterocycles. The number of carbonyl (C=O) groups is 1. The van der Waals surface area contributed by atoms with Gasteiger partial charge in [0.05, 0.1) is 11.9 Å². The van der Waals surface area contributed by atoms with Crippen LogP contribution in [0.25, 0.3) is 0 Å². The maximum Gasteiger partial charge on any atom is 0.232 e. The third-order valence-electron chi connectivity index (χ3n) is 4.27. The minimum Gasteiger partial charge on any atom is -0.326 e. The smallest absolute Gasteiger partial charge is 0.232 e. The summed E-state index contributed by atoms with van der Waals surface area (Å²) in [5.74, 6) is -0.206. The molecule has 0 fully saturated rings. The molecule has 0 spiro atoms. The van der Waals surface area contributed by atoms with E-state index in [1.54, 1.807) is 12.1 Å². The number of nitrogens with zero attached hydrogens (tertiary/aromatic N) is 1. The molecule has 0 unspecified atom stereocenters. The molecule has 140 valence electrons. The third-order valence-corrected chi connectivity index (χ3v) is 5.45. The first-order valence-corrected chi connectivity index (χ1v) is 10.4. The zero-order valence-corrected chi connectivity index (χ0v) is 16.8. The number of amides is 1. The highest BCUT2D eigenvalue weighted by Crippen LogP contribution is 2.24. The van der Waals surface area contributed by atoms with Gasteiger partial charge in [0.2, 0.25) is 15.9 Å². The molecule has 5 nitrogen and oxygen atoms in total. The molecule has 0 heterocycles. The van der Waals surface area contributed by atoms with Crippen LogP contribution in [-0.2, 0) is 14.8 Å². The minimum absolute atomic E-state index is 0.0775. The number of carbonyl (C=O) groups excluding carboxylic acids is 1. The van der Waals surface area contributed by atoms with Crippen LogP contribution >= 0.6 is 0 Å². The van der Waals surface area contributed by atoms with Gasteiger partial charge in [-0.15, -0.1) is 0 Å². The van der Waals surface area contributed by atoms with E-state index in [-0.39, 0.29) is 18.9 Å². The van der Waals surface area contributed by atoms with Crippen molar-refractivity contribution in [3.05, 3.63) is 58.7 Å². The number of nitrogens with one attached hydrogen (secondary N) is 1. The Bertz CT molecular complexity index is 897.